The first-order valence-electron chi connectivity index (χ1n) is 4.68. The van der Waals surface area contributed by atoms with Gasteiger partial charge in [0.15, 0.2) is 0 Å². The first-order valence-corrected chi connectivity index (χ1v) is 6.87. The molecule has 0 saturated heterocycles. The average molecular weight is 248 g/mol. The lowest BCUT2D eigenvalue weighted by molar-refractivity contribution is 0.583. The van der Waals surface area contributed by atoms with Crippen LogP contribution in [0, 0.1) is 0 Å². The van der Waals surface area contributed by atoms with Gasteiger partial charge < -0.3 is 0 Å². The molecule has 0 aliphatic carbocycles. The Kier molecular flexibility index (Phi) is 4.57. The minimum atomic E-state index is -3.19. The molecule has 0 radical (unpaired) electrons. The van der Waals surface area contributed by atoms with E-state index in [4.69, 9.17) is 11.6 Å². The summed E-state index contributed by atoms with van der Waals surface area (Å²) in [7, 11) is -3.19. The normalized spacial score (nSPS) is 11.6. The third kappa shape index (κ3) is 4.20. The highest BCUT2D eigenvalue weighted by Gasteiger charge is 2.09. The fourth-order valence-electron chi connectivity index (χ4n) is 1.21. The lowest BCUT2D eigenvalue weighted by Gasteiger charge is -2.04. The van der Waals surface area contributed by atoms with E-state index in [-0.39, 0.29) is 5.75 Å². The van der Waals surface area contributed by atoms with Crippen molar-refractivity contribution in [3.05, 3.63) is 35.4 Å². The summed E-state index contributed by atoms with van der Waals surface area (Å²) in [5.74, 6) is 0.462. The maximum Gasteiger partial charge on any atom is 0.215 e. The van der Waals surface area contributed by atoms with Crippen molar-refractivity contribution in [3.8, 4) is 0 Å². The Bertz CT molecular complexity index is 400. The van der Waals surface area contributed by atoms with Crippen LogP contribution in [0.1, 0.15) is 18.1 Å². The van der Waals surface area contributed by atoms with Crippen LogP contribution in [-0.2, 0) is 21.7 Å². The quantitative estimate of drug-likeness (QED) is 0.808. The number of nitrogens with one attached hydrogen (secondary N) is 1. The molecule has 1 aromatic carbocycles. The summed E-state index contributed by atoms with van der Waals surface area (Å²) in [5, 5.41) is 0. The van der Waals surface area contributed by atoms with Gasteiger partial charge in [-0.25, -0.2) is 13.1 Å². The Morgan fingerprint density at radius 3 is 2.20 bits per heavy atom. The second-order valence-electron chi connectivity index (χ2n) is 3.21. The summed E-state index contributed by atoms with van der Waals surface area (Å²) in [6.07, 6.45) is 0. The van der Waals surface area contributed by atoms with E-state index in [0.717, 1.165) is 11.1 Å². The fraction of sp³-hybridized carbons (Fsp3) is 0.400. The minimum absolute atomic E-state index is 0.0173. The summed E-state index contributed by atoms with van der Waals surface area (Å²) in [4.78, 5) is 0. The molecule has 84 valence electrons. The topological polar surface area (TPSA) is 46.2 Å². The summed E-state index contributed by atoms with van der Waals surface area (Å²) in [6.45, 7) is 2.18. The van der Waals surface area contributed by atoms with E-state index in [0.29, 0.717) is 12.4 Å². The van der Waals surface area contributed by atoms with Crippen molar-refractivity contribution >= 4 is 21.6 Å². The number of halogens is 1. The van der Waals surface area contributed by atoms with Gasteiger partial charge in [0.1, 0.15) is 0 Å². The number of sulfonamides is 1. The fourth-order valence-corrected chi connectivity index (χ4v) is 2.57. The average Bonchev–Trinajstić information content (AvgIpc) is 2.18. The van der Waals surface area contributed by atoms with Crippen LogP contribution in [-0.4, -0.2) is 15.0 Å². The zero-order valence-electron chi connectivity index (χ0n) is 8.53. The number of hydrogen-bond acceptors (Lipinski definition) is 2. The van der Waals surface area contributed by atoms with Crippen LogP contribution < -0.4 is 4.72 Å². The van der Waals surface area contributed by atoms with Gasteiger partial charge in [-0.2, -0.15) is 0 Å². The van der Waals surface area contributed by atoms with Crippen LogP contribution in [0.15, 0.2) is 24.3 Å². The highest BCUT2D eigenvalue weighted by Crippen LogP contribution is 2.09. The van der Waals surface area contributed by atoms with E-state index >= 15 is 0 Å². The first kappa shape index (κ1) is 12.5. The van der Waals surface area contributed by atoms with Gasteiger partial charge in [-0.15, -0.1) is 11.6 Å². The Morgan fingerprint density at radius 1 is 1.20 bits per heavy atom. The lowest BCUT2D eigenvalue weighted by Crippen LogP contribution is -2.24. The summed E-state index contributed by atoms with van der Waals surface area (Å²) < 4.78 is 25.3. The van der Waals surface area contributed by atoms with Crippen LogP contribution in [0.5, 0.6) is 0 Å². The van der Waals surface area contributed by atoms with Gasteiger partial charge in [-0.05, 0) is 11.1 Å². The largest absolute Gasteiger partial charge is 0.215 e. The van der Waals surface area contributed by atoms with Crippen molar-refractivity contribution in [2.24, 2.45) is 0 Å². The summed E-state index contributed by atoms with van der Waals surface area (Å²) in [5.41, 5.74) is 1.76. The van der Waals surface area contributed by atoms with E-state index in [1.54, 1.807) is 19.1 Å². The summed E-state index contributed by atoms with van der Waals surface area (Å²) >= 11 is 5.63. The van der Waals surface area contributed by atoms with Crippen molar-refractivity contribution in [2.45, 2.75) is 18.6 Å². The van der Waals surface area contributed by atoms with Gasteiger partial charge >= 0.3 is 0 Å². The lowest BCUT2D eigenvalue weighted by atomic mass is 10.2. The molecule has 0 aromatic heterocycles. The van der Waals surface area contributed by atoms with Crippen LogP contribution in [0.4, 0.5) is 0 Å². The second kappa shape index (κ2) is 5.49. The van der Waals surface area contributed by atoms with Crippen LogP contribution in [0.2, 0.25) is 0 Å². The Hall–Kier alpha value is -0.580. The molecule has 0 aliphatic rings. The molecular formula is C10H14ClNO2S. The second-order valence-corrected chi connectivity index (χ2v) is 5.28. The summed E-state index contributed by atoms with van der Waals surface area (Å²) in [6, 6.07) is 7.24. The van der Waals surface area contributed by atoms with Crippen molar-refractivity contribution in [2.75, 3.05) is 6.54 Å². The predicted molar refractivity (Wildman–Crippen MR) is 62.3 cm³/mol. The van der Waals surface area contributed by atoms with E-state index in [2.05, 4.69) is 4.72 Å². The zero-order chi connectivity index (χ0) is 11.3. The molecule has 15 heavy (non-hydrogen) atoms. The molecule has 3 nitrogen and oxygen atoms in total. The van der Waals surface area contributed by atoms with Crippen LogP contribution in [0.3, 0.4) is 0 Å². The molecule has 0 unspecified atom stereocenters. The highest BCUT2D eigenvalue weighted by atomic mass is 35.5. The monoisotopic (exact) mass is 247 g/mol. The molecule has 0 fully saturated rings. The molecular weight excluding hydrogens is 234 g/mol. The third-order valence-electron chi connectivity index (χ3n) is 1.90. The predicted octanol–water partition coefficient (Wildman–Crippen LogP) is 1.86. The van der Waals surface area contributed by atoms with E-state index < -0.39 is 10.0 Å². The molecule has 1 aromatic rings. The molecule has 1 N–H and O–H groups in total. The molecule has 0 saturated carbocycles. The standard InChI is InChI=1S/C10H14ClNO2S/c1-2-12-15(13,14)8-10-5-3-9(7-11)4-6-10/h3-6,12H,2,7-8H2,1H3. The van der Waals surface area contributed by atoms with Gasteiger partial charge in [0.05, 0.1) is 5.75 Å². The smallest absolute Gasteiger partial charge is 0.215 e. The van der Waals surface area contributed by atoms with Crippen LogP contribution >= 0.6 is 11.6 Å². The molecule has 5 heteroatoms. The SMILES string of the molecule is CCNS(=O)(=O)Cc1ccc(CCl)cc1. The Labute approximate surface area is 95.5 Å². The molecule has 1 rings (SSSR count). The molecule has 0 spiro atoms. The maximum absolute atomic E-state index is 11.4. The number of hydrogen-bond donors (Lipinski definition) is 1. The first-order chi connectivity index (χ1) is 7.07. The van der Waals surface area contributed by atoms with Crippen molar-refractivity contribution in [1.82, 2.24) is 4.72 Å². The molecule has 0 bridgehead atoms. The van der Waals surface area contributed by atoms with Crippen molar-refractivity contribution in [3.63, 3.8) is 0 Å². The molecule has 0 heterocycles. The third-order valence-corrected chi connectivity index (χ3v) is 3.65. The molecule has 0 atom stereocenters. The van der Waals surface area contributed by atoms with E-state index in [9.17, 15) is 8.42 Å². The highest BCUT2D eigenvalue weighted by molar-refractivity contribution is 7.88. The van der Waals surface area contributed by atoms with Gasteiger partial charge in [-0.1, -0.05) is 31.2 Å². The van der Waals surface area contributed by atoms with Crippen molar-refractivity contribution < 1.29 is 8.42 Å². The van der Waals surface area contributed by atoms with E-state index in [1.807, 2.05) is 12.1 Å². The van der Waals surface area contributed by atoms with Gasteiger partial charge in [0.25, 0.3) is 0 Å². The zero-order valence-corrected chi connectivity index (χ0v) is 10.1. The Balaban J connectivity index is 2.73. The van der Waals surface area contributed by atoms with Crippen molar-refractivity contribution in [1.29, 1.82) is 0 Å². The number of alkyl halides is 1. The maximum atomic E-state index is 11.4. The Morgan fingerprint density at radius 2 is 1.73 bits per heavy atom. The number of benzene rings is 1. The minimum Gasteiger partial charge on any atom is -0.215 e. The van der Waals surface area contributed by atoms with Gasteiger partial charge in [0.2, 0.25) is 10.0 Å². The molecule has 0 aliphatic heterocycles. The van der Waals surface area contributed by atoms with Gasteiger partial charge in [-0.3, -0.25) is 0 Å². The van der Waals surface area contributed by atoms with E-state index in [1.165, 1.54) is 0 Å². The number of rotatable bonds is 5. The van der Waals surface area contributed by atoms with Gasteiger partial charge in [0, 0.05) is 12.4 Å². The molecule has 0 amide bonds. The van der Waals surface area contributed by atoms with Crippen LogP contribution in [0.25, 0.3) is 0 Å².